The number of hydrogen-bond acceptors (Lipinski definition) is 5. The maximum absolute atomic E-state index is 4.22. The molecule has 2 aromatic rings. The number of hydrogen-bond donors (Lipinski definition) is 1. The topological polar surface area (TPSA) is 37.8 Å². The summed E-state index contributed by atoms with van der Waals surface area (Å²) in [7, 11) is 0. The first kappa shape index (κ1) is 10.1. The Kier molecular flexibility index (Phi) is 3.15. The quantitative estimate of drug-likeness (QED) is 0.942. The first-order chi connectivity index (χ1) is 6.74. The highest BCUT2D eigenvalue weighted by molar-refractivity contribution is 9.10. The van der Waals surface area contributed by atoms with Crippen LogP contribution in [0.4, 0.5) is 5.13 Å². The number of rotatable bonds is 3. The highest BCUT2D eigenvalue weighted by Gasteiger charge is 2.01. The van der Waals surface area contributed by atoms with Crippen molar-refractivity contribution in [2.75, 3.05) is 5.32 Å². The lowest BCUT2D eigenvalue weighted by atomic mass is 10.5. The highest BCUT2D eigenvalue weighted by atomic mass is 79.9. The van der Waals surface area contributed by atoms with E-state index in [9.17, 15) is 0 Å². The Balaban J connectivity index is 1.94. The number of anilines is 1. The van der Waals surface area contributed by atoms with Gasteiger partial charge in [0.2, 0.25) is 5.13 Å². The van der Waals surface area contributed by atoms with Gasteiger partial charge in [0.1, 0.15) is 5.82 Å². The van der Waals surface area contributed by atoms with Crippen LogP contribution in [0.3, 0.4) is 0 Å². The van der Waals surface area contributed by atoms with E-state index in [1.54, 1.807) is 11.3 Å². The molecule has 0 aromatic carbocycles. The Bertz CT molecular complexity index is 383. The minimum Gasteiger partial charge on any atom is -0.355 e. The summed E-state index contributed by atoms with van der Waals surface area (Å²) in [6, 6.07) is 2.10. The summed E-state index contributed by atoms with van der Waals surface area (Å²) < 4.78 is 5.23. The predicted molar refractivity (Wildman–Crippen MR) is 64.0 cm³/mol. The van der Waals surface area contributed by atoms with Gasteiger partial charge in [-0.3, -0.25) is 0 Å². The average molecular weight is 290 g/mol. The van der Waals surface area contributed by atoms with E-state index in [1.165, 1.54) is 16.4 Å². The third kappa shape index (κ3) is 2.52. The Morgan fingerprint density at radius 1 is 1.57 bits per heavy atom. The van der Waals surface area contributed by atoms with Gasteiger partial charge in [-0.05, 0) is 28.9 Å². The largest absolute Gasteiger partial charge is 0.355 e. The van der Waals surface area contributed by atoms with E-state index in [1.807, 2.05) is 6.92 Å². The molecule has 0 radical (unpaired) electrons. The van der Waals surface area contributed by atoms with Crippen molar-refractivity contribution >= 4 is 43.9 Å². The Morgan fingerprint density at radius 2 is 2.43 bits per heavy atom. The fourth-order valence-electron chi connectivity index (χ4n) is 0.978. The van der Waals surface area contributed by atoms with Crippen LogP contribution in [-0.2, 0) is 6.54 Å². The van der Waals surface area contributed by atoms with Crippen molar-refractivity contribution in [2.45, 2.75) is 13.5 Å². The van der Waals surface area contributed by atoms with Crippen molar-refractivity contribution in [3.8, 4) is 0 Å². The van der Waals surface area contributed by atoms with Crippen LogP contribution in [-0.4, -0.2) is 9.36 Å². The van der Waals surface area contributed by atoms with Crippen molar-refractivity contribution in [1.82, 2.24) is 9.36 Å². The maximum atomic E-state index is 4.22. The minimum absolute atomic E-state index is 0.810. The van der Waals surface area contributed by atoms with Crippen molar-refractivity contribution in [1.29, 1.82) is 0 Å². The lowest BCUT2D eigenvalue weighted by Gasteiger charge is -1.97. The zero-order valence-corrected chi connectivity index (χ0v) is 10.7. The smallest absolute Gasteiger partial charge is 0.202 e. The number of halogens is 1. The molecule has 2 aromatic heterocycles. The second kappa shape index (κ2) is 4.37. The molecule has 1 N–H and O–H groups in total. The molecule has 0 aliphatic carbocycles. The summed E-state index contributed by atoms with van der Waals surface area (Å²) >= 11 is 6.54. The number of aryl methyl sites for hydroxylation is 1. The maximum Gasteiger partial charge on any atom is 0.202 e. The van der Waals surface area contributed by atoms with E-state index < -0.39 is 0 Å². The van der Waals surface area contributed by atoms with Crippen LogP contribution in [0.15, 0.2) is 15.9 Å². The zero-order valence-electron chi connectivity index (χ0n) is 7.45. The SMILES string of the molecule is Cc1nsc(NCc2cc(Br)cs2)n1. The summed E-state index contributed by atoms with van der Waals surface area (Å²) in [5, 5.41) is 6.18. The Labute approximate surface area is 98.5 Å². The fourth-order valence-corrected chi connectivity index (χ4v) is 2.94. The van der Waals surface area contributed by atoms with E-state index in [2.05, 4.69) is 42.1 Å². The highest BCUT2D eigenvalue weighted by Crippen LogP contribution is 2.21. The van der Waals surface area contributed by atoms with E-state index >= 15 is 0 Å². The molecule has 0 spiro atoms. The van der Waals surface area contributed by atoms with E-state index in [-0.39, 0.29) is 0 Å². The molecular weight excluding hydrogens is 282 g/mol. The van der Waals surface area contributed by atoms with Crippen molar-refractivity contribution in [2.24, 2.45) is 0 Å². The fraction of sp³-hybridized carbons (Fsp3) is 0.250. The first-order valence-corrected chi connectivity index (χ1v) is 6.46. The predicted octanol–water partition coefficient (Wildman–Crippen LogP) is 3.28. The van der Waals surface area contributed by atoms with Gasteiger partial charge in [0.25, 0.3) is 0 Å². The molecule has 0 aliphatic heterocycles. The summed E-state index contributed by atoms with van der Waals surface area (Å²) in [6.45, 7) is 2.70. The Hall–Kier alpha value is -0.460. The molecule has 2 heterocycles. The van der Waals surface area contributed by atoms with E-state index in [4.69, 9.17) is 0 Å². The third-order valence-corrected chi connectivity index (χ3v) is 4.02. The molecule has 0 aliphatic rings. The van der Waals surface area contributed by atoms with Crippen molar-refractivity contribution < 1.29 is 0 Å². The standard InChI is InChI=1S/C8H8BrN3S2/c1-5-11-8(14-12-5)10-3-7-2-6(9)4-13-7/h2,4H,3H2,1H3,(H,10,11,12). The molecule has 2 rings (SSSR count). The van der Waals surface area contributed by atoms with Gasteiger partial charge in [-0.25, -0.2) is 4.98 Å². The molecular formula is C8H8BrN3S2. The second-order valence-electron chi connectivity index (χ2n) is 2.73. The van der Waals surface area contributed by atoms with Gasteiger partial charge in [-0.1, -0.05) is 0 Å². The van der Waals surface area contributed by atoms with Crippen molar-refractivity contribution in [3.05, 3.63) is 26.6 Å². The van der Waals surface area contributed by atoms with Crippen LogP contribution in [0.2, 0.25) is 0 Å². The van der Waals surface area contributed by atoms with Crippen LogP contribution >= 0.6 is 38.8 Å². The van der Waals surface area contributed by atoms with Gasteiger partial charge in [0.15, 0.2) is 0 Å². The van der Waals surface area contributed by atoms with Crippen LogP contribution in [0, 0.1) is 6.92 Å². The second-order valence-corrected chi connectivity index (χ2v) is 5.39. The molecule has 14 heavy (non-hydrogen) atoms. The molecule has 3 nitrogen and oxygen atoms in total. The van der Waals surface area contributed by atoms with E-state index in [0.717, 1.165) is 22.0 Å². The number of nitrogens with one attached hydrogen (secondary N) is 1. The molecule has 0 saturated heterocycles. The summed E-state index contributed by atoms with van der Waals surface area (Å²) in [5.41, 5.74) is 0. The van der Waals surface area contributed by atoms with E-state index in [0.29, 0.717) is 0 Å². The molecule has 6 heteroatoms. The molecule has 74 valence electrons. The molecule has 0 amide bonds. The molecule has 0 unspecified atom stereocenters. The summed E-state index contributed by atoms with van der Waals surface area (Å²) in [4.78, 5) is 5.50. The van der Waals surface area contributed by atoms with Gasteiger partial charge in [0, 0.05) is 26.3 Å². The lowest BCUT2D eigenvalue weighted by molar-refractivity contribution is 1.12. The van der Waals surface area contributed by atoms with Crippen LogP contribution in [0.5, 0.6) is 0 Å². The van der Waals surface area contributed by atoms with Gasteiger partial charge < -0.3 is 5.32 Å². The molecule has 0 fully saturated rings. The molecule has 0 bridgehead atoms. The molecule has 0 atom stereocenters. The number of nitrogens with zero attached hydrogens (tertiary/aromatic N) is 2. The van der Waals surface area contributed by atoms with Crippen LogP contribution in [0.25, 0.3) is 0 Å². The third-order valence-electron chi connectivity index (χ3n) is 1.56. The van der Waals surface area contributed by atoms with Gasteiger partial charge in [0.05, 0.1) is 6.54 Å². The van der Waals surface area contributed by atoms with Gasteiger partial charge >= 0.3 is 0 Å². The Morgan fingerprint density at radius 3 is 3.00 bits per heavy atom. The minimum atomic E-state index is 0.810. The average Bonchev–Trinajstić information content (AvgIpc) is 2.72. The monoisotopic (exact) mass is 289 g/mol. The zero-order chi connectivity index (χ0) is 9.97. The molecule has 0 saturated carbocycles. The van der Waals surface area contributed by atoms with Crippen LogP contribution in [0.1, 0.15) is 10.7 Å². The van der Waals surface area contributed by atoms with Crippen LogP contribution < -0.4 is 5.32 Å². The lowest BCUT2D eigenvalue weighted by Crippen LogP contribution is -1.96. The van der Waals surface area contributed by atoms with Gasteiger partial charge in [-0.15, -0.1) is 11.3 Å². The normalized spacial score (nSPS) is 10.4. The number of thiophene rings is 1. The summed E-state index contributed by atoms with van der Waals surface area (Å²) in [6.07, 6.45) is 0. The summed E-state index contributed by atoms with van der Waals surface area (Å²) in [5.74, 6) is 0.824. The number of aromatic nitrogens is 2. The van der Waals surface area contributed by atoms with Crippen molar-refractivity contribution in [3.63, 3.8) is 0 Å². The van der Waals surface area contributed by atoms with Gasteiger partial charge in [-0.2, -0.15) is 4.37 Å². The first-order valence-electron chi connectivity index (χ1n) is 4.01.